The SMILES string of the molecule is C/C=C\CC(/C=N/C(NCC1=CCCC=C1)C1CC=CC(Br)C1)CC. The van der Waals surface area contributed by atoms with Crippen LogP contribution in [0.5, 0.6) is 0 Å². The molecular formula is C22H33BrN2. The van der Waals surface area contributed by atoms with Gasteiger partial charge in [-0.1, -0.05) is 65.4 Å². The molecule has 2 aliphatic rings. The second-order valence-corrected chi connectivity index (χ2v) is 8.21. The molecule has 0 saturated carbocycles. The molecule has 0 saturated heterocycles. The molecule has 0 aromatic carbocycles. The molecule has 1 N–H and O–H groups in total. The van der Waals surface area contributed by atoms with Crippen molar-refractivity contribution < 1.29 is 0 Å². The van der Waals surface area contributed by atoms with Gasteiger partial charge >= 0.3 is 0 Å². The van der Waals surface area contributed by atoms with Gasteiger partial charge in [0.15, 0.2) is 0 Å². The number of halogens is 1. The summed E-state index contributed by atoms with van der Waals surface area (Å²) in [5.74, 6) is 1.09. The van der Waals surface area contributed by atoms with Crippen LogP contribution < -0.4 is 5.32 Å². The van der Waals surface area contributed by atoms with Crippen LogP contribution in [-0.4, -0.2) is 23.8 Å². The van der Waals surface area contributed by atoms with Crippen LogP contribution in [0.15, 0.2) is 53.1 Å². The summed E-state index contributed by atoms with van der Waals surface area (Å²) in [6.07, 6.45) is 25.0. The van der Waals surface area contributed by atoms with Crippen LogP contribution in [0.1, 0.15) is 52.4 Å². The highest BCUT2D eigenvalue weighted by Crippen LogP contribution is 2.27. The molecule has 138 valence electrons. The minimum atomic E-state index is 0.195. The molecule has 3 heteroatoms. The molecule has 4 atom stereocenters. The van der Waals surface area contributed by atoms with Crippen molar-refractivity contribution in [3.63, 3.8) is 0 Å². The zero-order valence-electron chi connectivity index (χ0n) is 15.7. The van der Waals surface area contributed by atoms with Gasteiger partial charge in [-0.15, -0.1) is 0 Å². The first-order valence-electron chi connectivity index (χ1n) is 9.77. The lowest BCUT2D eigenvalue weighted by atomic mass is 9.91. The summed E-state index contributed by atoms with van der Waals surface area (Å²) in [5, 5.41) is 3.73. The van der Waals surface area contributed by atoms with Crippen molar-refractivity contribution in [2.45, 2.75) is 63.4 Å². The molecule has 0 bridgehead atoms. The summed E-state index contributed by atoms with van der Waals surface area (Å²) < 4.78 is 0. The average Bonchev–Trinajstić information content (AvgIpc) is 2.65. The van der Waals surface area contributed by atoms with Gasteiger partial charge in [0.05, 0.1) is 0 Å². The van der Waals surface area contributed by atoms with Crippen LogP contribution in [-0.2, 0) is 0 Å². The number of alkyl halides is 1. The predicted octanol–water partition coefficient (Wildman–Crippen LogP) is 5.97. The Morgan fingerprint density at radius 1 is 1.36 bits per heavy atom. The normalized spacial score (nSPS) is 26.3. The number of hydrogen-bond acceptors (Lipinski definition) is 2. The standard InChI is InChI=1S/C22H33BrN2/c1-3-5-10-18(4-2)16-24-22(20-13-9-14-21(23)15-20)25-17-19-11-7-6-8-12-19/h3,5,7,9,11-12,14,16,18,20-22,25H,4,6,8,10,13,15,17H2,1-2H3/b5-3-,24-16+. The van der Waals surface area contributed by atoms with Gasteiger partial charge in [0.25, 0.3) is 0 Å². The second kappa shape index (κ2) is 11.6. The quantitative estimate of drug-likeness (QED) is 0.285. The van der Waals surface area contributed by atoms with Gasteiger partial charge in [-0.25, -0.2) is 0 Å². The number of nitrogens with one attached hydrogen (secondary N) is 1. The molecule has 2 nitrogen and oxygen atoms in total. The van der Waals surface area contributed by atoms with E-state index in [4.69, 9.17) is 4.99 Å². The van der Waals surface area contributed by atoms with Gasteiger partial charge in [-0.2, -0.15) is 0 Å². The molecule has 25 heavy (non-hydrogen) atoms. The van der Waals surface area contributed by atoms with Crippen LogP contribution >= 0.6 is 15.9 Å². The highest BCUT2D eigenvalue weighted by Gasteiger charge is 2.24. The lowest BCUT2D eigenvalue weighted by molar-refractivity contribution is 0.350. The zero-order chi connectivity index (χ0) is 17.9. The van der Waals surface area contributed by atoms with E-state index in [-0.39, 0.29) is 6.17 Å². The number of nitrogens with zero attached hydrogens (tertiary/aromatic N) is 1. The van der Waals surface area contributed by atoms with Crippen LogP contribution in [0.3, 0.4) is 0 Å². The van der Waals surface area contributed by atoms with Crippen molar-refractivity contribution in [2.24, 2.45) is 16.8 Å². The predicted molar refractivity (Wildman–Crippen MR) is 115 cm³/mol. The molecule has 2 aliphatic carbocycles. The fraction of sp³-hybridized carbons (Fsp3) is 0.591. The lowest BCUT2D eigenvalue weighted by Crippen LogP contribution is -2.38. The largest absolute Gasteiger partial charge is 0.291 e. The van der Waals surface area contributed by atoms with Gasteiger partial charge in [-0.3, -0.25) is 10.3 Å². The van der Waals surface area contributed by atoms with Gasteiger partial charge in [0.1, 0.15) is 6.17 Å². The summed E-state index contributed by atoms with van der Waals surface area (Å²) in [6, 6.07) is 0. The maximum Gasteiger partial charge on any atom is 0.102 e. The van der Waals surface area contributed by atoms with Gasteiger partial charge in [0, 0.05) is 17.6 Å². The van der Waals surface area contributed by atoms with Crippen molar-refractivity contribution >= 4 is 22.1 Å². The number of allylic oxidation sites excluding steroid dienone is 6. The van der Waals surface area contributed by atoms with E-state index in [9.17, 15) is 0 Å². The molecule has 2 rings (SSSR count). The van der Waals surface area contributed by atoms with E-state index >= 15 is 0 Å². The van der Waals surface area contributed by atoms with Crippen molar-refractivity contribution in [3.05, 3.63) is 48.1 Å². The first kappa shape index (κ1) is 20.4. The smallest absolute Gasteiger partial charge is 0.102 e. The average molecular weight is 405 g/mol. The van der Waals surface area contributed by atoms with Gasteiger partial charge < -0.3 is 0 Å². The first-order chi connectivity index (χ1) is 12.2. The van der Waals surface area contributed by atoms with Crippen molar-refractivity contribution in [3.8, 4) is 0 Å². The van der Waals surface area contributed by atoms with E-state index in [1.807, 2.05) is 0 Å². The summed E-state index contributed by atoms with van der Waals surface area (Å²) in [4.78, 5) is 5.49. The Balaban J connectivity index is 2.01. The van der Waals surface area contributed by atoms with Gasteiger partial charge in [-0.05, 0) is 62.9 Å². The van der Waals surface area contributed by atoms with Crippen LogP contribution in [0.4, 0.5) is 0 Å². The highest BCUT2D eigenvalue weighted by molar-refractivity contribution is 9.09. The van der Waals surface area contributed by atoms with Crippen LogP contribution in [0.25, 0.3) is 0 Å². The minimum Gasteiger partial charge on any atom is -0.291 e. The van der Waals surface area contributed by atoms with Crippen LogP contribution in [0.2, 0.25) is 0 Å². The number of aliphatic imine (C=N–C) groups is 1. The second-order valence-electron chi connectivity index (χ2n) is 7.03. The number of hydrogen-bond donors (Lipinski definition) is 1. The van der Waals surface area contributed by atoms with Crippen molar-refractivity contribution in [1.82, 2.24) is 5.32 Å². The third-order valence-electron chi connectivity index (χ3n) is 5.00. The topological polar surface area (TPSA) is 24.4 Å². The molecule has 0 aliphatic heterocycles. The molecule has 0 fully saturated rings. The Hall–Kier alpha value is -0.930. The first-order valence-corrected chi connectivity index (χ1v) is 10.7. The fourth-order valence-corrected chi connectivity index (χ4v) is 4.04. The Bertz CT molecular complexity index is 530. The minimum absolute atomic E-state index is 0.195. The molecule has 0 radical (unpaired) electrons. The zero-order valence-corrected chi connectivity index (χ0v) is 17.3. The molecule has 4 unspecified atom stereocenters. The molecular weight excluding hydrogens is 372 g/mol. The van der Waals surface area contributed by atoms with E-state index in [1.165, 1.54) is 18.4 Å². The maximum absolute atomic E-state index is 5.01. The van der Waals surface area contributed by atoms with E-state index < -0.39 is 0 Å². The Morgan fingerprint density at radius 3 is 2.92 bits per heavy atom. The van der Waals surface area contributed by atoms with E-state index in [0.717, 1.165) is 32.2 Å². The van der Waals surface area contributed by atoms with E-state index in [0.29, 0.717) is 16.7 Å². The van der Waals surface area contributed by atoms with Gasteiger partial charge in [0.2, 0.25) is 0 Å². The van der Waals surface area contributed by atoms with E-state index in [1.54, 1.807) is 0 Å². The Labute approximate surface area is 162 Å². The summed E-state index contributed by atoms with van der Waals surface area (Å²) >= 11 is 3.75. The monoisotopic (exact) mass is 404 g/mol. The Morgan fingerprint density at radius 2 is 2.24 bits per heavy atom. The molecule has 0 heterocycles. The van der Waals surface area contributed by atoms with Crippen LogP contribution in [0, 0.1) is 11.8 Å². The molecule has 0 spiro atoms. The maximum atomic E-state index is 5.01. The fourth-order valence-electron chi connectivity index (χ4n) is 3.34. The van der Waals surface area contributed by atoms with Crippen molar-refractivity contribution in [2.75, 3.05) is 6.54 Å². The summed E-state index contributed by atoms with van der Waals surface area (Å²) in [5.41, 5.74) is 1.40. The van der Waals surface area contributed by atoms with E-state index in [2.05, 4.69) is 83.8 Å². The molecule has 0 aromatic heterocycles. The molecule has 0 amide bonds. The van der Waals surface area contributed by atoms with Crippen molar-refractivity contribution in [1.29, 1.82) is 0 Å². The third-order valence-corrected chi connectivity index (χ3v) is 5.68. The number of rotatable bonds is 9. The lowest BCUT2D eigenvalue weighted by Gasteiger charge is -2.28. The molecule has 0 aromatic rings. The summed E-state index contributed by atoms with van der Waals surface area (Å²) in [6.45, 7) is 5.25. The summed E-state index contributed by atoms with van der Waals surface area (Å²) in [7, 11) is 0. The Kier molecular flexibility index (Phi) is 9.49. The third kappa shape index (κ3) is 7.45. The highest BCUT2D eigenvalue weighted by atomic mass is 79.9.